The second-order valence-corrected chi connectivity index (χ2v) is 10.7. The van der Waals surface area contributed by atoms with Gasteiger partial charge in [-0.3, -0.25) is 4.79 Å². The maximum absolute atomic E-state index is 15.3. The van der Waals surface area contributed by atoms with Gasteiger partial charge in [-0.15, -0.1) is 0 Å². The molecule has 7 rings (SSSR count). The molecule has 13 heteroatoms. The number of halogens is 3. The van der Waals surface area contributed by atoms with Crippen molar-refractivity contribution in [2.45, 2.75) is 55.9 Å². The predicted octanol–water partition coefficient (Wildman–Crippen LogP) is 2.95. The number of nitrogens with two attached hydrogens (primary N) is 1. The van der Waals surface area contributed by atoms with Crippen LogP contribution in [0.4, 0.5) is 13.2 Å². The van der Waals surface area contributed by atoms with E-state index in [2.05, 4.69) is 25.4 Å². The van der Waals surface area contributed by atoms with Crippen LogP contribution in [0.25, 0.3) is 16.9 Å². The van der Waals surface area contributed by atoms with Gasteiger partial charge in [0.1, 0.15) is 17.3 Å². The average molecular weight is 538 g/mol. The summed E-state index contributed by atoms with van der Waals surface area (Å²) in [5.41, 5.74) is 6.80. The van der Waals surface area contributed by atoms with Crippen LogP contribution in [-0.4, -0.2) is 47.8 Å². The van der Waals surface area contributed by atoms with Crippen molar-refractivity contribution >= 4 is 11.6 Å². The van der Waals surface area contributed by atoms with E-state index in [9.17, 15) is 18.7 Å². The van der Waals surface area contributed by atoms with Crippen LogP contribution < -0.4 is 15.8 Å². The molecule has 2 atom stereocenters. The largest absolute Gasteiger partial charge is 0.434 e. The van der Waals surface area contributed by atoms with Crippen molar-refractivity contribution in [2.75, 3.05) is 0 Å². The number of fused-ring (bicyclic) bond motifs is 9. The summed E-state index contributed by atoms with van der Waals surface area (Å²) in [5, 5.41) is 17.5. The zero-order valence-corrected chi connectivity index (χ0v) is 20.5. The van der Waals surface area contributed by atoms with Gasteiger partial charge in [0.15, 0.2) is 11.5 Å². The van der Waals surface area contributed by atoms with Crippen LogP contribution in [0.1, 0.15) is 71.1 Å². The molecule has 4 heterocycles. The minimum Gasteiger partial charge on any atom is -0.434 e. The zero-order valence-electron chi connectivity index (χ0n) is 20.5. The van der Waals surface area contributed by atoms with Gasteiger partial charge in [0.2, 0.25) is 0 Å². The smallest absolute Gasteiger partial charge is 0.387 e. The highest BCUT2D eigenvalue weighted by Crippen LogP contribution is 2.51. The summed E-state index contributed by atoms with van der Waals surface area (Å²) in [7, 11) is 0. The molecule has 10 nitrogen and oxygen atoms in total. The predicted molar refractivity (Wildman–Crippen MR) is 129 cm³/mol. The number of carbonyl (C=O) groups excluding carboxylic acids is 1. The molecule has 0 saturated heterocycles. The van der Waals surface area contributed by atoms with E-state index < -0.39 is 41.4 Å². The van der Waals surface area contributed by atoms with Gasteiger partial charge in [0, 0.05) is 53.4 Å². The molecule has 0 radical (unpaired) electrons. The van der Waals surface area contributed by atoms with E-state index >= 15 is 4.39 Å². The third-order valence-electron chi connectivity index (χ3n) is 7.72. The van der Waals surface area contributed by atoms with Crippen molar-refractivity contribution in [1.29, 1.82) is 0 Å². The fourth-order valence-electron chi connectivity index (χ4n) is 6.34. The van der Waals surface area contributed by atoms with E-state index in [1.54, 1.807) is 13.0 Å². The molecule has 1 aromatic carbocycles. The normalized spacial score (nSPS) is 27.1. The first kappa shape index (κ1) is 24.0. The average Bonchev–Trinajstić information content (AvgIpc) is 3.33. The van der Waals surface area contributed by atoms with Crippen molar-refractivity contribution in [3.05, 3.63) is 70.8 Å². The van der Waals surface area contributed by atoms with Gasteiger partial charge >= 0.3 is 6.61 Å². The van der Waals surface area contributed by atoms with Crippen LogP contribution in [0.3, 0.4) is 0 Å². The Morgan fingerprint density at radius 2 is 1.97 bits per heavy atom. The minimum atomic E-state index is -3.08. The zero-order chi connectivity index (χ0) is 27.3. The van der Waals surface area contributed by atoms with Gasteiger partial charge in [0.05, 0.1) is 29.1 Å². The van der Waals surface area contributed by atoms with E-state index in [-0.39, 0.29) is 17.0 Å². The SMILES string of the molecule is CC1(O)CC(N)(c2ncc(-c3nc4c5c(nn4cc3F)[C@H]3C[C@@H]5c4c(OC(F)F)cccc4C(=O)N3)cn2)C1. The summed E-state index contributed by atoms with van der Waals surface area (Å²) < 4.78 is 47.8. The van der Waals surface area contributed by atoms with Crippen molar-refractivity contribution in [3.8, 4) is 17.0 Å². The molecule has 0 spiro atoms. The summed E-state index contributed by atoms with van der Waals surface area (Å²) in [6, 6.07) is 3.92. The van der Waals surface area contributed by atoms with E-state index in [4.69, 9.17) is 10.5 Å². The number of rotatable bonds is 4. The second kappa shape index (κ2) is 7.96. The summed E-state index contributed by atoms with van der Waals surface area (Å²) >= 11 is 0. The van der Waals surface area contributed by atoms with Gasteiger partial charge in [-0.25, -0.2) is 23.9 Å². The number of alkyl halides is 2. The molecule has 1 fully saturated rings. The van der Waals surface area contributed by atoms with Gasteiger partial charge < -0.3 is 20.9 Å². The maximum Gasteiger partial charge on any atom is 0.387 e. The van der Waals surface area contributed by atoms with Gasteiger partial charge in [-0.05, 0) is 25.5 Å². The summed E-state index contributed by atoms with van der Waals surface area (Å²) in [6.07, 6.45) is 5.00. The number of hydrogen-bond donors (Lipinski definition) is 3. The molecule has 2 aliphatic carbocycles. The Morgan fingerprint density at radius 3 is 2.67 bits per heavy atom. The molecule has 4 N–H and O–H groups in total. The van der Waals surface area contributed by atoms with E-state index in [0.717, 1.165) is 0 Å². The number of carbonyl (C=O) groups is 1. The highest BCUT2D eigenvalue weighted by molar-refractivity contribution is 5.98. The molecule has 1 aliphatic heterocycles. The summed E-state index contributed by atoms with van der Waals surface area (Å²) in [6.45, 7) is -1.39. The highest BCUT2D eigenvalue weighted by atomic mass is 19.3. The number of ether oxygens (including phenoxy) is 1. The molecule has 0 unspecified atom stereocenters. The third-order valence-corrected chi connectivity index (χ3v) is 7.72. The Bertz CT molecular complexity index is 1660. The van der Waals surface area contributed by atoms with Crippen LogP contribution in [0.2, 0.25) is 0 Å². The standard InChI is InChI=1S/C26H22F3N7O3/c1-25(38)9-26(30,10-25)23-31-6-11(7-32-23)19-14(27)8-36-21(34-19)18-13-5-15(20(18)35-36)33-22(37)12-3-2-4-16(17(12)13)39-24(28)29/h2-4,6-8,13,15,24,38H,5,9-10,30H2,1H3,(H,33,37)/t13-,15-,25?,26?/m1/s1. The lowest BCUT2D eigenvalue weighted by molar-refractivity contribution is -0.0769. The fraction of sp³-hybridized carbons (Fsp3) is 0.346. The Hall–Kier alpha value is -4.10. The Morgan fingerprint density at radius 1 is 1.23 bits per heavy atom. The fourth-order valence-corrected chi connectivity index (χ4v) is 6.34. The highest BCUT2D eigenvalue weighted by Gasteiger charge is 2.51. The first-order valence-corrected chi connectivity index (χ1v) is 12.3. The summed E-state index contributed by atoms with van der Waals surface area (Å²) in [4.78, 5) is 26.1. The molecule has 39 heavy (non-hydrogen) atoms. The molecule has 4 aromatic rings. The molecule has 2 bridgehead atoms. The van der Waals surface area contributed by atoms with Gasteiger partial charge in [-0.2, -0.15) is 13.9 Å². The van der Waals surface area contributed by atoms with Crippen LogP contribution in [0.15, 0.2) is 36.8 Å². The van der Waals surface area contributed by atoms with Gasteiger partial charge in [-0.1, -0.05) is 6.07 Å². The number of aliphatic hydroxyl groups is 1. The molecule has 3 aliphatic rings. The number of benzene rings is 1. The molecule has 200 valence electrons. The number of amides is 1. The lowest BCUT2D eigenvalue weighted by Gasteiger charge is -2.48. The van der Waals surface area contributed by atoms with Crippen molar-refractivity contribution < 1.29 is 27.8 Å². The van der Waals surface area contributed by atoms with Gasteiger partial charge in [0.25, 0.3) is 5.91 Å². The number of hydrogen-bond acceptors (Lipinski definition) is 8. The lowest BCUT2D eigenvalue weighted by Crippen LogP contribution is -2.59. The third kappa shape index (κ3) is 3.60. The molecular formula is C26H22F3N7O3. The first-order chi connectivity index (χ1) is 18.5. The van der Waals surface area contributed by atoms with E-state index in [0.29, 0.717) is 53.1 Å². The summed E-state index contributed by atoms with van der Waals surface area (Å²) in [5.74, 6) is -1.41. The van der Waals surface area contributed by atoms with Crippen molar-refractivity contribution in [2.24, 2.45) is 5.73 Å². The monoisotopic (exact) mass is 537 g/mol. The van der Waals surface area contributed by atoms with Crippen LogP contribution in [0, 0.1) is 5.82 Å². The molecule has 3 aromatic heterocycles. The minimum absolute atomic E-state index is 0.0240. The molecule has 1 amide bonds. The van der Waals surface area contributed by atoms with Crippen LogP contribution in [0.5, 0.6) is 5.75 Å². The number of nitrogens with zero attached hydrogens (tertiary/aromatic N) is 5. The Kier molecular flexibility index (Phi) is 4.89. The molecular weight excluding hydrogens is 515 g/mol. The van der Waals surface area contributed by atoms with Crippen LogP contribution in [-0.2, 0) is 5.54 Å². The Labute approximate surface area is 219 Å². The van der Waals surface area contributed by atoms with Crippen molar-refractivity contribution in [1.82, 2.24) is 29.9 Å². The lowest BCUT2D eigenvalue weighted by atomic mass is 9.66. The van der Waals surface area contributed by atoms with E-state index in [1.165, 1.54) is 35.2 Å². The first-order valence-electron chi connectivity index (χ1n) is 12.3. The molecule has 1 saturated carbocycles. The Balaban J connectivity index is 1.33. The number of nitrogens with one attached hydrogen (secondary N) is 1. The van der Waals surface area contributed by atoms with Crippen molar-refractivity contribution in [3.63, 3.8) is 0 Å². The van der Waals surface area contributed by atoms with E-state index in [1.807, 2.05) is 0 Å². The quantitative estimate of drug-likeness (QED) is 0.361. The second-order valence-electron chi connectivity index (χ2n) is 10.7. The maximum atomic E-state index is 15.3. The van der Waals surface area contributed by atoms with Crippen LogP contribution >= 0.6 is 0 Å². The number of aromatic nitrogens is 5. The topological polar surface area (TPSA) is 141 Å².